The van der Waals surface area contributed by atoms with Crippen molar-refractivity contribution in [1.29, 1.82) is 0 Å². The lowest BCUT2D eigenvalue weighted by Crippen LogP contribution is -2.20. The number of hydrogen-bond donors (Lipinski definition) is 2. The van der Waals surface area contributed by atoms with Gasteiger partial charge >= 0.3 is 0 Å². The summed E-state index contributed by atoms with van der Waals surface area (Å²) in [7, 11) is 0. The van der Waals surface area contributed by atoms with Crippen LogP contribution in [0.4, 0.5) is 4.39 Å². The normalized spacial score (nSPS) is 12.8. The van der Waals surface area contributed by atoms with Crippen molar-refractivity contribution in [3.05, 3.63) is 34.6 Å². The van der Waals surface area contributed by atoms with Crippen LogP contribution in [0.1, 0.15) is 25.3 Å². The van der Waals surface area contributed by atoms with E-state index in [1.165, 1.54) is 6.07 Å². The van der Waals surface area contributed by atoms with Crippen molar-refractivity contribution in [3.8, 4) is 0 Å². The number of rotatable bonds is 6. The van der Waals surface area contributed by atoms with Crippen LogP contribution in [-0.2, 0) is 6.54 Å². The van der Waals surface area contributed by atoms with Gasteiger partial charge in [-0.05, 0) is 25.5 Å². The van der Waals surface area contributed by atoms with Gasteiger partial charge in [-0.3, -0.25) is 0 Å². The Bertz CT molecular complexity index is 333. The highest BCUT2D eigenvalue weighted by Crippen LogP contribution is 2.17. The summed E-state index contributed by atoms with van der Waals surface area (Å²) in [6, 6.07) is 4.95. The van der Waals surface area contributed by atoms with E-state index >= 15 is 0 Å². The number of nitrogens with one attached hydrogen (secondary N) is 1. The van der Waals surface area contributed by atoms with Crippen LogP contribution in [0.5, 0.6) is 0 Å². The molecular weight excluding hydrogens is 229 g/mol. The quantitative estimate of drug-likeness (QED) is 0.756. The Labute approximate surface area is 100 Å². The van der Waals surface area contributed by atoms with Gasteiger partial charge in [0.2, 0.25) is 0 Å². The molecule has 2 nitrogen and oxygen atoms in total. The molecule has 0 aliphatic heterocycles. The summed E-state index contributed by atoms with van der Waals surface area (Å²) >= 11 is 5.66. The maximum atomic E-state index is 13.4. The lowest BCUT2D eigenvalue weighted by atomic mass is 10.2. The fourth-order valence-electron chi connectivity index (χ4n) is 1.38. The molecule has 0 saturated carbocycles. The molecule has 0 saturated heterocycles. The number of halogens is 2. The zero-order valence-electron chi connectivity index (χ0n) is 9.34. The van der Waals surface area contributed by atoms with Gasteiger partial charge in [0.15, 0.2) is 0 Å². The average Bonchev–Trinajstić information content (AvgIpc) is 2.29. The molecule has 0 aliphatic rings. The molecule has 0 fully saturated rings. The van der Waals surface area contributed by atoms with Crippen LogP contribution in [0, 0.1) is 5.82 Å². The number of aliphatic hydroxyl groups excluding tert-OH is 1. The second kappa shape index (κ2) is 6.84. The molecule has 0 aromatic heterocycles. The molecule has 0 aliphatic carbocycles. The van der Waals surface area contributed by atoms with Gasteiger partial charge in [-0.25, -0.2) is 4.39 Å². The maximum absolute atomic E-state index is 13.4. The van der Waals surface area contributed by atoms with Gasteiger partial charge in [-0.2, -0.15) is 0 Å². The second-order valence-corrected chi connectivity index (χ2v) is 4.15. The number of benzene rings is 1. The zero-order chi connectivity index (χ0) is 12.0. The fourth-order valence-corrected chi connectivity index (χ4v) is 1.57. The molecule has 0 amide bonds. The Balaban J connectivity index is 2.35. The third kappa shape index (κ3) is 4.08. The van der Waals surface area contributed by atoms with E-state index < -0.39 is 0 Å². The zero-order valence-corrected chi connectivity index (χ0v) is 10.1. The van der Waals surface area contributed by atoms with E-state index in [4.69, 9.17) is 11.6 Å². The van der Waals surface area contributed by atoms with Crippen LogP contribution in [0.3, 0.4) is 0 Å². The molecule has 1 rings (SSSR count). The topological polar surface area (TPSA) is 32.3 Å². The van der Waals surface area contributed by atoms with E-state index in [1.54, 1.807) is 12.1 Å². The summed E-state index contributed by atoms with van der Waals surface area (Å²) in [6.45, 7) is 3.03. The van der Waals surface area contributed by atoms with E-state index in [0.717, 1.165) is 6.42 Å². The third-order valence-electron chi connectivity index (χ3n) is 2.47. The van der Waals surface area contributed by atoms with Crippen LogP contribution in [0.15, 0.2) is 18.2 Å². The summed E-state index contributed by atoms with van der Waals surface area (Å²) in [6.07, 6.45) is 1.14. The Kier molecular flexibility index (Phi) is 5.74. The van der Waals surface area contributed by atoms with Gasteiger partial charge in [0.25, 0.3) is 0 Å². The van der Waals surface area contributed by atoms with Crippen LogP contribution >= 0.6 is 11.6 Å². The van der Waals surface area contributed by atoms with Crippen molar-refractivity contribution >= 4 is 11.6 Å². The Morgan fingerprint density at radius 2 is 2.25 bits per heavy atom. The number of hydrogen-bond acceptors (Lipinski definition) is 2. The smallest absolute Gasteiger partial charge is 0.146 e. The van der Waals surface area contributed by atoms with Crippen LogP contribution < -0.4 is 5.32 Å². The maximum Gasteiger partial charge on any atom is 0.146 e. The summed E-state index contributed by atoms with van der Waals surface area (Å²) in [5.41, 5.74) is 0.554. The Morgan fingerprint density at radius 3 is 2.94 bits per heavy atom. The fraction of sp³-hybridized carbons (Fsp3) is 0.500. The van der Waals surface area contributed by atoms with Crippen LogP contribution in [0.2, 0.25) is 5.02 Å². The molecule has 1 unspecified atom stereocenters. The van der Waals surface area contributed by atoms with E-state index in [2.05, 4.69) is 5.32 Å². The van der Waals surface area contributed by atoms with E-state index in [9.17, 15) is 9.50 Å². The highest BCUT2D eigenvalue weighted by molar-refractivity contribution is 6.30. The highest BCUT2D eigenvalue weighted by atomic mass is 35.5. The van der Waals surface area contributed by atoms with Gasteiger partial charge in [0.1, 0.15) is 5.82 Å². The predicted molar refractivity (Wildman–Crippen MR) is 64.0 cm³/mol. The molecule has 0 heterocycles. The van der Waals surface area contributed by atoms with Crippen molar-refractivity contribution in [2.24, 2.45) is 0 Å². The first kappa shape index (κ1) is 13.4. The first-order chi connectivity index (χ1) is 7.65. The van der Waals surface area contributed by atoms with Crippen molar-refractivity contribution in [3.63, 3.8) is 0 Å². The van der Waals surface area contributed by atoms with Crippen LogP contribution in [0.25, 0.3) is 0 Å². The number of aliphatic hydroxyl groups is 1. The molecule has 90 valence electrons. The summed E-state index contributed by atoms with van der Waals surface area (Å²) in [4.78, 5) is 0. The highest BCUT2D eigenvalue weighted by Gasteiger charge is 2.05. The van der Waals surface area contributed by atoms with Gasteiger partial charge < -0.3 is 10.4 Å². The van der Waals surface area contributed by atoms with E-state index in [0.29, 0.717) is 25.1 Å². The molecule has 1 aromatic rings. The molecule has 16 heavy (non-hydrogen) atoms. The average molecular weight is 246 g/mol. The second-order valence-electron chi connectivity index (χ2n) is 3.74. The minimum Gasteiger partial charge on any atom is -0.393 e. The molecule has 1 atom stereocenters. The van der Waals surface area contributed by atoms with Crippen molar-refractivity contribution in [2.75, 3.05) is 6.54 Å². The summed E-state index contributed by atoms with van der Waals surface area (Å²) in [5, 5.41) is 12.5. The first-order valence-electron chi connectivity index (χ1n) is 5.46. The minimum atomic E-state index is -0.368. The van der Waals surface area contributed by atoms with E-state index in [-0.39, 0.29) is 16.9 Å². The Morgan fingerprint density at radius 1 is 1.50 bits per heavy atom. The molecule has 1 aromatic carbocycles. The molecule has 0 bridgehead atoms. The predicted octanol–water partition coefficient (Wildman–Crippen LogP) is 2.73. The monoisotopic (exact) mass is 245 g/mol. The molecule has 0 radical (unpaired) electrons. The third-order valence-corrected chi connectivity index (χ3v) is 2.76. The van der Waals surface area contributed by atoms with Crippen LogP contribution in [-0.4, -0.2) is 17.8 Å². The molecule has 2 N–H and O–H groups in total. The van der Waals surface area contributed by atoms with Gasteiger partial charge in [0, 0.05) is 12.1 Å². The minimum absolute atomic E-state index is 0.146. The summed E-state index contributed by atoms with van der Waals surface area (Å²) in [5.74, 6) is -0.368. The molecule has 0 spiro atoms. The van der Waals surface area contributed by atoms with Gasteiger partial charge in [-0.15, -0.1) is 0 Å². The summed E-state index contributed by atoms with van der Waals surface area (Å²) < 4.78 is 13.4. The lowest BCUT2D eigenvalue weighted by Gasteiger charge is -2.09. The molecular formula is C12H17ClFNO. The van der Waals surface area contributed by atoms with Crippen molar-refractivity contribution < 1.29 is 9.50 Å². The molecule has 4 heteroatoms. The van der Waals surface area contributed by atoms with Crippen molar-refractivity contribution in [1.82, 2.24) is 5.32 Å². The Hall–Kier alpha value is -0.640. The largest absolute Gasteiger partial charge is 0.393 e. The standard InChI is InChI=1S/C12H17ClFNO/c1-2-10(16)6-7-15-8-9-4-3-5-11(13)12(9)14/h3-5,10,15-16H,2,6-8H2,1H3. The SMILES string of the molecule is CCC(O)CCNCc1cccc(Cl)c1F. The van der Waals surface area contributed by atoms with Gasteiger partial charge in [-0.1, -0.05) is 30.7 Å². The first-order valence-corrected chi connectivity index (χ1v) is 5.84. The van der Waals surface area contributed by atoms with Gasteiger partial charge in [0.05, 0.1) is 11.1 Å². The van der Waals surface area contributed by atoms with Crippen molar-refractivity contribution in [2.45, 2.75) is 32.4 Å². The lowest BCUT2D eigenvalue weighted by molar-refractivity contribution is 0.159. The van der Waals surface area contributed by atoms with E-state index in [1.807, 2.05) is 6.92 Å².